The molecule has 228 valence electrons. The molecular weight excluding hydrogens is 825 g/mol. The molecule has 0 amide bonds. The molecule has 0 aliphatic carbocycles. The van der Waals surface area contributed by atoms with Gasteiger partial charge in [-0.3, -0.25) is 13.5 Å². The van der Waals surface area contributed by atoms with Crippen molar-refractivity contribution in [2.24, 2.45) is 0 Å². The number of para-hydroxylation sites is 7. The van der Waals surface area contributed by atoms with Gasteiger partial charge in [-0.1, -0.05) is 98.6 Å². The van der Waals surface area contributed by atoms with Gasteiger partial charge in [0.05, 0.1) is 44.5 Å². The molecule has 0 N–H and O–H groups in total. The minimum absolute atomic E-state index is 0.936. The van der Waals surface area contributed by atoms with E-state index in [1.54, 1.807) is 0 Å². The van der Waals surface area contributed by atoms with E-state index in [1.807, 2.05) is 36.4 Å². The van der Waals surface area contributed by atoms with Crippen molar-refractivity contribution in [1.82, 2.24) is 23.5 Å². The average molecular weight is 851 g/mol. The molecule has 3 aromatic heterocycles. The monoisotopic (exact) mass is 849 g/mol. The van der Waals surface area contributed by atoms with Crippen LogP contribution >= 0.6 is 54.5 Å². The van der Waals surface area contributed by atoms with Crippen molar-refractivity contribution in [3.8, 4) is 11.4 Å². The maximum atomic E-state index is 4.87. The standard InChI is InChI=1S/C19H12BrN3.C14H10N2.C6H4BrI/c20-13-6-5-7-14(12-13)22-17-10-3-4-11-18(17)23-16-9-2-1-8-15(16)21-19(22)23;1-3-7-12-10(5-1)9-14-15-11-6-2-4-8-13(11)16(12)14;7-5-2-1-3-6(8)4-5/h1-12H;1-8H,9H2;1-4H. The van der Waals surface area contributed by atoms with Crippen LogP contribution in [0.1, 0.15) is 11.4 Å². The van der Waals surface area contributed by atoms with E-state index in [9.17, 15) is 0 Å². The molecule has 0 unspecified atom stereocenters. The van der Waals surface area contributed by atoms with E-state index in [0.717, 1.165) is 60.2 Å². The Morgan fingerprint density at radius 3 is 1.87 bits per heavy atom. The Morgan fingerprint density at radius 1 is 0.532 bits per heavy atom. The molecule has 0 bridgehead atoms. The molecule has 0 atom stereocenters. The molecule has 5 nitrogen and oxygen atoms in total. The number of fused-ring (bicyclic) bond motifs is 10. The Labute approximate surface area is 301 Å². The predicted molar refractivity (Wildman–Crippen MR) is 208 cm³/mol. The second kappa shape index (κ2) is 12.7. The summed E-state index contributed by atoms with van der Waals surface area (Å²) in [5, 5.41) is 0. The van der Waals surface area contributed by atoms with E-state index in [-0.39, 0.29) is 0 Å². The van der Waals surface area contributed by atoms with Crippen molar-refractivity contribution in [3.05, 3.63) is 169 Å². The number of benzene rings is 6. The van der Waals surface area contributed by atoms with Gasteiger partial charge in [-0.25, -0.2) is 9.97 Å². The highest BCUT2D eigenvalue weighted by Crippen LogP contribution is 2.32. The fourth-order valence-corrected chi connectivity index (χ4v) is 7.95. The van der Waals surface area contributed by atoms with Crippen molar-refractivity contribution in [1.29, 1.82) is 0 Å². The van der Waals surface area contributed by atoms with Gasteiger partial charge < -0.3 is 0 Å². The normalized spacial score (nSPS) is 11.6. The first-order chi connectivity index (χ1) is 23.0. The van der Waals surface area contributed by atoms with Crippen molar-refractivity contribution in [2.75, 3.05) is 0 Å². The summed E-state index contributed by atoms with van der Waals surface area (Å²) >= 11 is 9.20. The van der Waals surface area contributed by atoms with Gasteiger partial charge in [-0.15, -0.1) is 0 Å². The lowest BCUT2D eigenvalue weighted by Crippen LogP contribution is -1.94. The second-order valence-corrected chi connectivity index (χ2v) is 14.2. The van der Waals surface area contributed by atoms with E-state index in [4.69, 9.17) is 4.98 Å². The van der Waals surface area contributed by atoms with E-state index in [2.05, 4.69) is 182 Å². The number of imidazole rings is 3. The largest absolute Gasteiger partial charge is 0.296 e. The first-order valence-electron chi connectivity index (χ1n) is 15.1. The average Bonchev–Trinajstić information content (AvgIpc) is 3.82. The topological polar surface area (TPSA) is 40.1 Å². The predicted octanol–water partition coefficient (Wildman–Crippen LogP) is 11.2. The zero-order valence-corrected chi connectivity index (χ0v) is 30.3. The summed E-state index contributed by atoms with van der Waals surface area (Å²) in [6, 6.07) is 50.0. The lowest BCUT2D eigenvalue weighted by Gasteiger charge is -2.05. The molecule has 0 spiro atoms. The second-order valence-electron chi connectivity index (χ2n) is 11.1. The number of nitrogens with zero attached hydrogens (tertiary/aromatic N) is 5. The van der Waals surface area contributed by atoms with Crippen LogP contribution in [0.4, 0.5) is 0 Å². The van der Waals surface area contributed by atoms with E-state index < -0.39 is 0 Å². The summed E-state index contributed by atoms with van der Waals surface area (Å²) < 4.78 is 10.2. The van der Waals surface area contributed by atoms with Crippen LogP contribution in [0.3, 0.4) is 0 Å². The van der Waals surface area contributed by atoms with Crippen molar-refractivity contribution < 1.29 is 0 Å². The molecule has 0 radical (unpaired) electrons. The van der Waals surface area contributed by atoms with Crippen LogP contribution < -0.4 is 0 Å². The minimum Gasteiger partial charge on any atom is -0.296 e. The lowest BCUT2D eigenvalue weighted by molar-refractivity contribution is 1.02. The molecule has 10 rings (SSSR count). The van der Waals surface area contributed by atoms with Gasteiger partial charge in [0.25, 0.3) is 0 Å². The number of hydrogen-bond acceptors (Lipinski definition) is 2. The molecule has 0 saturated heterocycles. The van der Waals surface area contributed by atoms with Gasteiger partial charge in [-0.05, 0) is 107 Å². The van der Waals surface area contributed by atoms with Crippen LogP contribution in [-0.4, -0.2) is 23.5 Å². The minimum atomic E-state index is 0.936. The van der Waals surface area contributed by atoms with Gasteiger partial charge >= 0.3 is 0 Å². The van der Waals surface area contributed by atoms with Gasteiger partial charge in [0.2, 0.25) is 5.78 Å². The third kappa shape index (κ3) is 5.68. The molecule has 0 fully saturated rings. The van der Waals surface area contributed by atoms with Crippen LogP contribution in [0.25, 0.3) is 50.3 Å². The fourth-order valence-electron chi connectivity index (χ4n) is 6.19. The van der Waals surface area contributed by atoms with Crippen LogP contribution in [0, 0.1) is 3.57 Å². The van der Waals surface area contributed by atoms with Crippen LogP contribution in [0.15, 0.2) is 155 Å². The summed E-state index contributed by atoms with van der Waals surface area (Å²) in [5.41, 5.74) is 10.5. The van der Waals surface area contributed by atoms with Crippen LogP contribution in [-0.2, 0) is 6.42 Å². The Balaban J connectivity index is 0.000000117. The van der Waals surface area contributed by atoms with E-state index in [0.29, 0.717) is 0 Å². The quantitative estimate of drug-likeness (QED) is 0.154. The summed E-state index contributed by atoms with van der Waals surface area (Å²) in [5.74, 6) is 2.09. The molecule has 0 saturated carbocycles. The summed E-state index contributed by atoms with van der Waals surface area (Å²) in [6.07, 6.45) is 0.949. The van der Waals surface area contributed by atoms with Gasteiger partial charge in [0, 0.05) is 18.9 Å². The Hall–Kier alpha value is -4.25. The van der Waals surface area contributed by atoms with E-state index >= 15 is 0 Å². The molecule has 6 aromatic carbocycles. The van der Waals surface area contributed by atoms with E-state index in [1.165, 1.54) is 20.3 Å². The first-order valence-corrected chi connectivity index (χ1v) is 17.8. The molecule has 8 heteroatoms. The number of aromatic nitrogens is 5. The number of halogens is 3. The highest BCUT2D eigenvalue weighted by Gasteiger charge is 2.21. The number of hydrogen-bond donors (Lipinski definition) is 0. The van der Waals surface area contributed by atoms with Gasteiger partial charge in [0.1, 0.15) is 5.82 Å². The fraction of sp³-hybridized carbons (Fsp3) is 0.0256. The SMILES string of the molecule is Brc1cccc(-n2c3ccccc3n3c4ccccc4nc23)c1.Brc1cccc(I)c1.c1ccc2c(c1)Cc1nc3ccccc3n1-2. The first kappa shape index (κ1) is 30.1. The summed E-state index contributed by atoms with van der Waals surface area (Å²) in [6.45, 7) is 0. The lowest BCUT2D eigenvalue weighted by atomic mass is 10.1. The molecule has 9 aromatic rings. The third-order valence-electron chi connectivity index (χ3n) is 8.17. The van der Waals surface area contributed by atoms with Gasteiger partial charge in [-0.2, -0.15) is 0 Å². The molecule has 1 aliphatic heterocycles. The Kier molecular flexibility index (Phi) is 8.16. The van der Waals surface area contributed by atoms with Crippen molar-refractivity contribution in [3.63, 3.8) is 0 Å². The summed E-state index contributed by atoms with van der Waals surface area (Å²) in [7, 11) is 0. The maximum absolute atomic E-state index is 4.87. The highest BCUT2D eigenvalue weighted by atomic mass is 127. The van der Waals surface area contributed by atoms with Crippen LogP contribution in [0.5, 0.6) is 0 Å². The third-order valence-corrected chi connectivity index (χ3v) is 9.83. The number of rotatable bonds is 1. The Bertz CT molecular complexity index is 2550. The highest BCUT2D eigenvalue weighted by molar-refractivity contribution is 14.1. The molecule has 4 heterocycles. The smallest absolute Gasteiger partial charge is 0.220 e. The molecular formula is C39H26Br2IN5. The maximum Gasteiger partial charge on any atom is 0.220 e. The van der Waals surface area contributed by atoms with Crippen molar-refractivity contribution >= 4 is 93.3 Å². The Morgan fingerprint density at radius 2 is 1.15 bits per heavy atom. The van der Waals surface area contributed by atoms with Crippen molar-refractivity contribution in [2.45, 2.75) is 6.42 Å². The molecule has 47 heavy (non-hydrogen) atoms. The van der Waals surface area contributed by atoms with Gasteiger partial charge in [0.15, 0.2) is 0 Å². The van der Waals surface area contributed by atoms with Crippen LogP contribution in [0.2, 0.25) is 0 Å². The molecule has 1 aliphatic rings. The summed E-state index contributed by atoms with van der Waals surface area (Å²) in [4.78, 5) is 9.54. The zero-order chi connectivity index (χ0) is 31.9. The zero-order valence-electron chi connectivity index (χ0n) is 24.9.